The number of sulfonamides is 4. The van der Waals surface area contributed by atoms with Crippen molar-refractivity contribution in [3.8, 4) is 45.3 Å². The van der Waals surface area contributed by atoms with Crippen LogP contribution in [0.15, 0.2) is 292 Å². The number of hydrogen-bond donors (Lipinski definition) is 4. The first-order chi connectivity index (χ1) is 62.0. The highest BCUT2D eigenvalue weighted by molar-refractivity contribution is 7.95. The number of rotatable bonds is 16. The van der Waals surface area contributed by atoms with E-state index in [2.05, 4.69) is 51.2 Å². The highest BCUT2D eigenvalue weighted by atomic mass is 35.5. The fourth-order valence-electron chi connectivity index (χ4n) is 14.7. The number of halogens is 2. The predicted octanol–water partition coefficient (Wildman–Crippen LogP) is 17.1. The Morgan fingerprint density at radius 1 is 0.341 bits per heavy atom. The van der Waals surface area contributed by atoms with Gasteiger partial charge in [0.05, 0.1) is 95.4 Å². The third-order valence-electron chi connectivity index (χ3n) is 22.1. The number of anilines is 8. The van der Waals surface area contributed by atoms with E-state index in [9.17, 15) is 57.2 Å². The van der Waals surface area contributed by atoms with Crippen molar-refractivity contribution in [3.05, 3.63) is 341 Å². The Morgan fingerprint density at radius 3 is 1.21 bits per heavy atom. The molecule has 20 rings (SSSR count). The number of nitrogens with one attached hydrogen (secondary N) is 4. The summed E-state index contributed by atoms with van der Waals surface area (Å²) in [6.07, 6.45) is 6.98. The fourth-order valence-corrected chi connectivity index (χ4v) is 19.4. The lowest BCUT2D eigenvalue weighted by molar-refractivity contribution is 0.101. The Bertz CT molecular complexity index is 7480. The van der Waals surface area contributed by atoms with Crippen LogP contribution < -0.4 is 38.5 Å². The minimum absolute atomic E-state index is 0.0373. The second kappa shape index (κ2) is 35.9. The molecule has 0 radical (unpaired) electrons. The number of carbonyl (C=O) groups is 4. The number of hydrogen-bond acceptors (Lipinski definition) is 19. The SMILES string of the molecule is Cc1ccc(NC(=O)c2ccc(N3CCS3(=O)=O)cc2)cc1-c1ccc2ccccc2n1.Cc1ccc(NC(=O)c2ccc(N3CCS3(=O)=O)cc2)cc1-c1ncc2ccccc2n1.Cc1ccc(NC(=O)c2ccc(N3CCS3(=O)=O)cc2F)cc1-c1ccc2cnccc2n1.O=C(Nc1cccc(-c2ncc3ccccc3n2)c1)c1ccc(N2CCS2(=O)=O)cc1Cl. The van der Waals surface area contributed by atoms with Crippen LogP contribution in [0.3, 0.4) is 0 Å². The molecule has 33 heteroatoms. The first-order valence-electron chi connectivity index (χ1n) is 40.5. The molecule has 0 atom stereocenters. The van der Waals surface area contributed by atoms with Crippen LogP contribution in [0, 0.1) is 26.6 Å². The molecule has 5 aromatic heterocycles. The summed E-state index contributed by atoms with van der Waals surface area (Å²) in [5.74, 6) is -0.730. The summed E-state index contributed by atoms with van der Waals surface area (Å²) < 4.78 is 114. The average molecular weight is 1820 g/mol. The summed E-state index contributed by atoms with van der Waals surface area (Å²) in [5.41, 5.74) is 16.6. The monoisotopic (exact) mass is 1810 g/mol. The molecule has 0 saturated carbocycles. The van der Waals surface area contributed by atoms with Crippen LogP contribution in [0.4, 0.5) is 49.9 Å². The Labute approximate surface area is 746 Å². The molecule has 9 heterocycles. The molecular weight excluding hydrogens is 1740 g/mol. The van der Waals surface area contributed by atoms with Gasteiger partial charge in [0.2, 0.25) is 40.1 Å². The van der Waals surface area contributed by atoms with Gasteiger partial charge in [0.1, 0.15) is 5.82 Å². The van der Waals surface area contributed by atoms with Crippen LogP contribution in [0.5, 0.6) is 0 Å². The lowest BCUT2D eigenvalue weighted by Crippen LogP contribution is -2.47. The highest BCUT2D eigenvalue weighted by Gasteiger charge is 2.36. The highest BCUT2D eigenvalue weighted by Crippen LogP contribution is 2.36. The second-order valence-electron chi connectivity index (χ2n) is 30.6. The number of para-hydroxylation sites is 3. The zero-order valence-corrected chi connectivity index (χ0v) is 73.1. The molecule has 4 aliphatic heterocycles. The van der Waals surface area contributed by atoms with Gasteiger partial charge in [-0.05, 0) is 213 Å². The summed E-state index contributed by atoms with van der Waals surface area (Å²) in [4.78, 5) is 82.7. The van der Waals surface area contributed by atoms with Crippen LogP contribution in [0.25, 0.3) is 88.9 Å². The van der Waals surface area contributed by atoms with Crippen molar-refractivity contribution in [2.45, 2.75) is 20.8 Å². The molecule has 4 fully saturated rings. The predicted molar refractivity (Wildman–Crippen MR) is 503 cm³/mol. The molecule has 0 aliphatic carbocycles. The van der Waals surface area contributed by atoms with E-state index in [0.717, 1.165) is 104 Å². The Morgan fingerprint density at radius 2 is 0.729 bits per heavy atom. The summed E-state index contributed by atoms with van der Waals surface area (Å²) in [7, 11) is -13.0. The van der Waals surface area contributed by atoms with Crippen LogP contribution in [0.1, 0.15) is 58.1 Å². The maximum Gasteiger partial charge on any atom is 0.258 e. The molecule has 0 unspecified atom stereocenters. The molecule has 4 aliphatic rings. The Balaban J connectivity index is 0.000000121. The van der Waals surface area contributed by atoms with E-state index in [-0.39, 0.29) is 56.7 Å². The summed E-state index contributed by atoms with van der Waals surface area (Å²) >= 11 is 6.29. The van der Waals surface area contributed by atoms with Crippen molar-refractivity contribution in [3.63, 3.8) is 0 Å². The Kier molecular flexibility index (Phi) is 24.0. The topological polar surface area (TPSA) is 356 Å². The van der Waals surface area contributed by atoms with Gasteiger partial charge in [-0.3, -0.25) is 41.4 Å². The number of benzene rings is 11. The van der Waals surface area contributed by atoms with Gasteiger partial charge in [0.25, 0.3) is 23.6 Å². The van der Waals surface area contributed by atoms with Gasteiger partial charge in [-0.1, -0.05) is 103 Å². The molecule has 4 amide bonds. The van der Waals surface area contributed by atoms with Crippen molar-refractivity contribution in [2.24, 2.45) is 0 Å². The lowest BCUT2D eigenvalue weighted by Gasteiger charge is -2.32. The van der Waals surface area contributed by atoms with Crippen molar-refractivity contribution < 1.29 is 57.2 Å². The first-order valence-corrected chi connectivity index (χ1v) is 47.4. The minimum Gasteiger partial charge on any atom is -0.322 e. The maximum atomic E-state index is 14.6. The Hall–Kier alpha value is -14.8. The van der Waals surface area contributed by atoms with E-state index in [1.54, 1.807) is 104 Å². The molecule has 27 nitrogen and oxygen atoms in total. The van der Waals surface area contributed by atoms with Crippen LogP contribution in [0.2, 0.25) is 5.02 Å². The summed E-state index contributed by atoms with van der Waals surface area (Å²) in [6, 6.07) is 78.6. The zero-order valence-electron chi connectivity index (χ0n) is 69.1. The van der Waals surface area contributed by atoms with Gasteiger partial charge in [0.15, 0.2) is 11.6 Å². The van der Waals surface area contributed by atoms with Crippen molar-refractivity contribution in [2.75, 3.05) is 87.7 Å². The smallest absolute Gasteiger partial charge is 0.258 e. The molecule has 4 N–H and O–H groups in total. The van der Waals surface area contributed by atoms with E-state index in [1.165, 1.54) is 37.2 Å². The van der Waals surface area contributed by atoms with Crippen molar-refractivity contribution in [1.82, 2.24) is 34.9 Å². The lowest BCUT2D eigenvalue weighted by atomic mass is 10.0. The number of nitrogens with zero attached hydrogens (tertiary/aromatic N) is 11. The molecule has 646 valence electrons. The van der Waals surface area contributed by atoms with Crippen LogP contribution >= 0.6 is 11.6 Å². The fraction of sp³-hybridized carbons (Fsp3) is 0.115. The quantitative estimate of drug-likeness (QED) is 0.0698. The molecular formula is C96H77ClFN15O12S4. The average Bonchev–Trinajstić information content (AvgIpc) is 0.766. The molecule has 129 heavy (non-hydrogen) atoms. The van der Waals surface area contributed by atoms with Gasteiger partial charge in [-0.2, -0.15) is 0 Å². The van der Waals surface area contributed by atoms with Gasteiger partial charge >= 0.3 is 0 Å². The number of pyridine rings is 3. The molecule has 11 aromatic carbocycles. The largest absolute Gasteiger partial charge is 0.322 e. The summed E-state index contributed by atoms with van der Waals surface area (Å²) in [6.45, 7) is 7.59. The van der Waals surface area contributed by atoms with Gasteiger partial charge in [-0.25, -0.2) is 68.0 Å². The van der Waals surface area contributed by atoms with E-state index >= 15 is 0 Å². The van der Waals surface area contributed by atoms with Crippen molar-refractivity contribution >= 4 is 164 Å². The number of amides is 4. The van der Waals surface area contributed by atoms with Gasteiger partial charge < -0.3 is 21.3 Å². The summed E-state index contributed by atoms with van der Waals surface area (Å²) in [5, 5.41) is 15.5. The zero-order chi connectivity index (χ0) is 90.0. The molecule has 0 spiro atoms. The number of aromatic nitrogens is 7. The number of carbonyl (C=O) groups excluding carboxylic acids is 4. The molecule has 0 bridgehead atoms. The van der Waals surface area contributed by atoms with Crippen LogP contribution in [-0.4, -0.2) is 141 Å². The number of aryl methyl sites for hydroxylation is 3. The maximum absolute atomic E-state index is 14.6. The van der Waals surface area contributed by atoms with Crippen LogP contribution in [-0.2, 0) is 40.1 Å². The minimum atomic E-state index is -3.37. The van der Waals surface area contributed by atoms with Gasteiger partial charge in [-0.15, -0.1) is 0 Å². The first kappa shape index (κ1) is 86.3. The van der Waals surface area contributed by atoms with Gasteiger partial charge in [0, 0.05) is 129 Å². The van der Waals surface area contributed by atoms with Crippen molar-refractivity contribution in [1.29, 1.82) is 0 Å². The second-order valence-corrected chi connectivity index (χ2v) is 39.1. The van der Waals surface area contributed by atoms with E-state index in [0.29, 0.717) is 88.8 Å². The van der Waals surface area contributed by atoms with E-state index in [4.69, 9.17) is 16.6 Å². The van der Waals surface area contributed by atoms with E-state index < -0.39 is 57.7 Å². The molecule has 4 saturated heterocycles. The molecule has 16 aromatic rings. The third-order valence-corrected chi connectivity index (χ3v) is 29.4. The standard InChI is InChI=1S/C25H21N3O3S.C24H19FN4O3S.C24H20N4O3S.C23H17ClN4O3S/c1-17-6-10-20(16-22(17)24-13-9-18-4-2-3-5-23(18)27-24)26-25(29)19-7-11-21(12-8-19)28-14-15-32(28,30)31;1-15-2-4-17(12-20(15)23-7-3-16-14-26-9-8-22(16)28-23)27-24(30)19-6-5-18(13-21(19)25)29-10-11-33(29,31)32;1-16-6-9-19(14-21(16)23-25-15-18-4-2-3-5-22(18)27-23)26-24(29)17-7-10-20(11-8-17)28-12-13-32(28,30)31;24-20-13-18(28-10-11-32(28,30)31)8-9-19(20)23(29)26-17-6-3-5-15(12-17)22-25-14-16-4-1-2-7-21(16)27-22/h2-13,16H,14-15H2,1H3,(H,26,29);2-9,12-14H,10-11H2,1H3,(H,27,30);2-11,14-15H,12-13H2,1H3,(H,26,29);1-9,12-14H,10-11H2,(H,26,29). The van der Waals surface area contributed by atoms with E-state index in [1.807, 2.05) is 178 Å². The number of fused-ring (bicyclic) bond motifs is 4. The normalized spacial score (nSPS) is 14.7. The third kappa shape index (κ3) is 18.9.